The molecule has 0 unspecified atom stereocenters. The molecule has 1 rings (SSSR count). The molecule has 0 aliphatic rings. The van der Waals surface area contributed by atoms with Crippen LogP contribution < -0.4 is 5.32 Å². The Morgan fingerprint density at radius 1 is 1.29 bits per heavy atom. The molecule has 0 fully saturated rings. The number of aromatic hydroxyl groups is 1. The molecule has 0 bridgehead atoms. The Labute approximate surface area is 123 Å². The van der Waals surface area contributed by atoms with E-state index in [-0.39, 0.29) is 12.4 Å². The average Bonchev–Trinajstić information content (AvgIpc) is 2.48. The van der Waals surface area contributed by atoms with Crippen LogP contribution in [0, 0.1) is 6.92 Å². The number of carbonyl (C=O) groups is 2. The van der Waals surface area contributed by atoms with Crippen LogP contribution in [0.15, 0.2) is 30.4 Å². The fourth-order valence-corrected chi connectivity index (χ4v) is 1.47. The highest BCUT2D eigenvalue weighted by Crippen LogP contribution is 2.16. The normalized spacial score (nSPS) is 10.6. The molecule has 0 atom stereocenters. The number of methoxy groups -OCH3 is 1. The number of rotatable bonds is 7. The molecule has 0 amide bonds. The van der Waals surface area contributed by atoms with Crippen molar-refractivity contribution >= 4 is 11.9 Å². The van der Waals surface area contributed by atoms with Crippen molar-refractivity contribution in [1.29, 1.82) is 0 Å². The van der Waals surface area contributed by atoms with Gasteiger partial charge in [-0.05, 0) is 24.1 Å². The topological polar surface area (TPSA) is 84.9 Å². The standard InChI is InChI=1S/C15H19NO5/c1-11-3-4-12(9-13(11)17)10-16-7-8-21-15(19)6-5-14(18)20-2/h3-6,9,16-17H,7-8,10H2,1-2H3/b6-5+. The summed E-state index contributed by atoms with van der Waals surface area (Å²) < 4.78 is 9.22. The zero-order valence-corrected chi connectivity index (χ0v) is 12.1. The Morgan fingerprint density at radius 3 is 2.67 bits per heavy atom. The van der Waals surface area contributed by atoms with Crippen molar-refractivity contribution < 1.29 is 24.2 Å². The average molecular weight is 293 g/mol. The lowest BCUT2D eigenvalue weighted by Crippen LogP contribution is -2.20. The van der Waals surface area contributed by atoms with E-state index >= 15 is 0 Å². The molecular formula is C15H19NO5. The molecule has 6 heteroatoms. The second-order valence-corrected chi connectivity index (χ2v) is 4.32. The summed E-state index contributed by atoms with van der Waals surface area (Å²) >= 11 is 0. The monoisotopic (exact) mass is 293 g/mol. The molecule has 0 aliphatic carbocycles. The van der Waals surface area contributed by atoms with E-state index in [0.29, 0.717) is 13.1 Å². The Kier molecular flexibility index (Phi) is 6.97. The molecule has 21 heavy (non-hydrogen) atoms. The molecule has 1 aromatic rings. The number of carbonyl (C=O) groups excluding carboxylic acids is 2. The van der Waals surface area contributed by atoms with Gasteiger partial charge in [0.1, 0.15) is 12.4 Å². The Bertz CT molecular complexity index is 525. The third kappa shape index (κ3) is 6.58. The maximum atomic E-state index is 11.2. The number of hydrogen-bond donors (Lipinski definition) is 2. The molecule has 0 saturated heterocycles. The van der Waals surface area contributed by atoms with Gasteiger partial charge in [0, 0.05) is 25.2 Å². The molecule has 0 aromatic heterocycles. The van der Waals surface area contributed by atoms with Crippen molar-refractivity contribution in [2.75, 3.05) is 20.3 Å². The molecule has 0 saturated carbocycles. The third-order valence-electron chi connectivity index (χ3n) is 2.68. The number of hydrogen-bond acceptors (Lipinski definition) is 6. The van der Waals surface area contributed by atoms with Crippen LogP contribution in [0.25, 0.3) is 0 Å². The maximum absolute atomic E-state index is 11.2. The van der Waals surface area contributed by atoms with Crippen LogP contribution in [0.4, 0.5) is 0 Å². The molecular weight excluding hydrogens is 274 g/mol. The molecule has 2 N–H and O–H groups in total. The SMILES string of the molecule is COC(=O)/C=C/C(=O)OCCNCc1ccc(C)c(O)c1. The van der Waals surface area contributed by atoms with Gasteiger partial charge in [0.05, 0.1) is 7.11 Å². The van der Waals surface area contributed by atoms with E-state index in [0.717, 1.165) is 23.3 Å². The van der Waals surface area contributed by atoms with Crippen LogP contribution in [0.1, 0.15) is 11.1 Å². The Balaban J connectivity index is 2.19. The van der Waals surface area contributed by atoms with Crippen molar-refractivity contribution in [1.82, 2.24) is 5.32 Å². The summed E-state index contributed by atoms with van der Waals surface area (Å²) in [5.41, 5.74) is 1.76. The molecule has 0 heterocycles. The van der Waals surface area contributed by atoms with Crippen LogP contribution in [0.2, 0.25) is 0 Å². The smallest absolute Gasteiger partial charge is 0.331 e. The van der Waals surface area contributed by atoms with E-state index in [2.05, 4.69) is 10.1 Å². The first-order valence-electron chi connectivity index (χ1n) is 6.45. The summed E-state index contributed by atoms with van der Waals surface area (Å²) in [7, 11) is 1.23. The van der Waals surface area contributed by atoms with Crippen molar-refractivity contribution in [3.05, 3.63) is 41.5 Å². The van der Waals surface area contributed by atoms with Gasteiger partial charge in [0.15, 0.2) is 0 Å². The Morgan fingerprint density at radius 2 is 2.00 bits per heavy atom. The van der Waals surface area contributed by atoms with E-state index in [4.69, 9.17) is 4.74 Å². The molecule has 114 valence electrons. The fraction of sp³-hybridized carbons (Fsp3) is 0.333. The summed E-state index contributed by atoms with van der Waals surface area (Å²) in [5, 5.41) is 12.6. The summed E-state index contributed by atoms with van der Waals surface area (Å²) in [6, 6.07) is 5.44. The van der Waals surface area contributed by atoms with E-state index in [1.807, 2.05) is 19.1 Å². The number of aryl methyl sites for hydroxylation is 1. The predicted molar refractivity (Wildman–Crippen MR) is 76.7 cm³/mol. The quantitative estimate of drug-likeness (QED) is 0.444. The highest BCUT2D eigenvalue weighted by molar-refractivity contribution is 5.91. The molecule has 0 spiro atoms. The van der Waals surface area contributed by atoms with Crippen LogP contribution >= 0.6 is 0 Å². The maximum Gasteiger partial charge on any atom is 0.331 e. The number of phenolic OH excluding ortho intramolecular Hbond substituents is 1. The third-order valence-corrected chi connectivity index (χ3v) is 2.68. The van der Waals surface area contributed by atoms with Crippen LogP contribution in [0.3, 0.4) is 0 Å². The fourth-order valence-electron chi connectivity index (χ4n) is 1.47. The van der Waals surface area contributed by atoms with Gasteiger partial charge in [-0.1, -0.05) is 12.1 Å². The number of ether oxygens (including phenoxy) is 2. The van der Waals surface area contributed by atoms with Gasteiger partial charge in [-0.2, -0.15) is 0 Å². The summed E-state index contributed by atoms with van der Waals surface area (Å²) in [5.74, 6) is -0.951. The van der Waals surface area contributed by atoms with Gasteiger partial charge < -0.3 is 19.9 Å². The Hall–Kier alpha value is -2.34. The largest absolute Gasteiger partial charge is 0.508 e. The predicted octanol–water partition coefficient (Wildman–Crippen LogP) is 1.06. The van der Waals surface area contributed by atoms with E-state index in [1.165, 1.54) is 7.11 Å². The highest BCUT2D eigenvalue weighted by Gasteiger charge is 2.00. The summed E-state index contributed by atoms with van der Waals surface area (Å²) in [4.78, 5) is 22.0. The van der Waals surface area contributed by atoms with Crippen molar-refractivity contribution in [2.45, 2.75) is 13.5 Å². The first kappa shape index (κ1) is 16.7. The highest BCUT2D eigenvalue weighted by atomic mass is 16.5. The van der Waals surface area contributed by atoms with E-state index in [1.54, 1.807) is 6.07 Å². The number of nitrogens with one attached hydrogen (secondary N) is 1. The van der Waals surface area contributed by atoms with Crippen molar-refractivity contribution in [3.63, 3.8) is 0 Å². The minimum Gasteiger partial charge on any atom is -0.508 e. The van der Waals surface area contributed by atoms with Gasteiger partial charge in [-0.25, -0.2) is 9.59 Å². The lowest BCUT2D eigenvalue weighted by Gasteiger charge is -2.06. The van der Waals surface area contributed by atoms with Crippen LogP contribution in [-0.4, -0.2) is 37.3 Å². The molecule has 0 radical (unpaired) electrons. The van der Waals surface area contributed by atoms with Gasteiger partial charge in [0.2, 0.25) is 0 Å². The second kappa shape index (κ2) is 8.76. The molecule has 1 aromatic carbocycles. The van der Waals surface area contributed by atoms with Crippen LogP contribution in [0.5, 0.6) is 5.75 Å². The first-order valence-corrected chi connectivity index (χ1v) is 6.45. The lowest BCUT2D eigenvalue weighted by molar-refractivity contribution is -0.139. The first-order chi connectivity index (χ1) is 10.0. The van der Waals surface area contributed by atoms with E-state index in [9.17, 15) is 14.7 Å². The minimum atomic E-state index is -0.607. The number of phenols is 1. The van der Waals surface area contributed by atoms with Gasteiger partial charge in [-0.3, -0.25) is 0 Å². The molecule has 0 aliphatic heterocycles. The minimum absolute atomic E-state index is 0.183. The zero-order valence-electron chi connectivity index (χ0n) is 12.1. The van der Waals surface area contributed by atoms with Gasteiger partial charge in [0.25, 0.3) is 0 Å². The number of esters is 2. The number of benzene rings is 1. The second-order valence-electron chi connectivity index (χ2n) is 4.32. The van der Waals surface area contributed by atoms with Gasteiger partial charge in [-0.15, -0.1) is 0 Å². The van der Waals surface area contributed by atoms with E-state index < -0.39 is 11.9 Å². The van der Waals surface area contributed by atoms with Crippen molar-refractivity contribution in [3.8, 4) is 5.75 Å². The van der Waals surface area contributed by atoms with Crippen LogP contribution in [-0.2, 0) is 25.6 Å². The summed E-state index contributed by atoms with van der Waals surface area (Å²) in [6.07, 6.45) is 2.02. The zero-order chi connectivity index (χ0) is 15.7. The lowest BCUT2D eigenvalue weighted by atomic mass is 10.1. The summed E-state index contributed by atoms with van der Waals surface area (Å²) in [6.45, 7) is 3.03. The molecule has 6 nitrogen and oxygen atoms in total. The van der Waals surface area contributed by atoms with Gasteiger partial charge >= 0.3 is 11.9 Å². The van der Waals surface area contributed by atoms with Crippen molar-refractivity contribution in [2.24, 2.45) is 0 Å².